The third-order valence-electron chi connectivity index (χ3n) is 3.89. The van der Waals surface area contributed by atoms with Gasteiger partial charge in [-0.3, -0.25) is 4.79 Å². The maximum absolute atomic E-state index is 13.8. The van der Waals surface area contributed by atoms with Crippen molar-refractivity contribution in [2.45, 2.75) is 30.8 Å². The fourth-order valence-corrected chi connectivity index (χ4v) is 3.67. The van der Waals surface area contributed by atoms with Gasteiger partial charge in [0.05, 0.1) is 19.2 Å². The van der Waals surface area contributed by atoms with E-state index in [1.165, 1.54) is 38.3 Å². The van der Waals surface area contributed by atoms with Crippen LogP contribution in [0.15, 0.2) is 47.4 Å². The van der Waals surface area contributed by atoms with Gasteiger partial charge in [0.2, 0.25) is 15.9 Å². The van der Waals surface area contributed by atoms with Crippen LogP contribution >= 0.6 is 0 Å². The van der Waals surface area contributed by atoms with Gasteiger partial charge in [-0.05, 0) is 43.7 Å². The fourth-order valence-electron chi connectivity index (χ4n) is 2.39. The van der Waals surface area contributed by atoms with Crippen LogP contribution in [0, 0.1) is 11.6 Å². The minimum absolute atomic E-state index is 0.0725. The summed E-state index contributed by atoms with van der Waals surface area (Å²) in [4.78, 5) is 11.7. The van der Waals surface area contributed by atoms with Gasteiger partial charge in [0.15, 0.2) is 11.6 Å². The Morgan fingerprint density at radius 2 is 1.74 bits per heavy atom. The smallest absolute Gasteiger partial charge is 0.244 e. The standard InChI is InChI=1S/C18H20F2N2O4S/c1-11(13-8-9-16(26-3)15(20)10-13)21-18(23)12(2)22-27(24,25)17-7-5-4-6-14(17)19/h4-12,22H,1-3H3,(H,21,23)/t11?,12-/m0/s1. The Hall–Kier alpha value is -2.52. The molecule has 2 N–H and O–H groups in total. The molecule has 2 aromatic carbocycles. The summed E-state index contributed by atoms with van der Waals surface area (Å²) in [7, 11) is -2.87. The second-order valence-electron chi connectivity index (χ2n) is 5.90. The lowest BCUT2D eigenvalue weighted by Gasteiger charge is -2.19. The maximum Gasteiger partial charge on any atom is 0.244 e. The molecule has 0 saturated heterocycles. The van der Waals surface area contributed by atoms with E-state index in [1.54, 1.807) is 13.0 Å². The largest absolute Gasteiger partial charge is 0.494 e. The topological polar surface area (TPSA) is 84.5 Å². The Morgan fingerprint density at radius 1 is 1.07 bits per heavy atom. The fraction of sp³-hybridized carbons (Fsp3) is 0.278. The van der Waals surface area contributed by atoms with E-state index in [4.69, 9.17) is 4.74 Å². The highest BCUT2D eigenvalue weighted by Crippen LogP contribution is 2.22. The molecule has 0 saturated carbocycles. The zero-order chi connectivity index (χ0) is 20.2. The molecule has 1 unspecified atom stereocenters. The number of benzene rings is 2. The van der Waals surface area contributed by atoms with Gasteiger partial charge in [0.25, 0.3) is 0 Å². The van der Waals surface area contributed by atoms with Crippen molar-refractivity contribution in [1.29, 1.82) is 0 Å². The first-order valence-corrected chi connectivity index (χ1v) is 9.54. The summed E-state index contributed by atoms with van der Waals surface area (Å²) >= 11 is 0. The molecule has 0 radical (unpaired) electrons. The molecular weight excluding hydrogens is 378 g/mol. The summed E-state index contributed by atoms with van der Waals surface area (Å²) in [5.74, 6) is -2.06. The van der Waals surface area contributed by atoms with Crippen LogP contribution in [0.3, 0.4) is 0 Å². The number of halogens is 2. The maximum atomic E-state index is 13.8. The number of methoxy groups -OCH3 is 1. The second kappa shape index (κ2) is 8.45. The molecular formula is C18H20F2N2O4S. The normalized spacial score (nSPS) is 13.7. The van der Waals surface area contributed by atoms with Crippen LogP contribution in [-0.4, -0.2) is 27.5 Å². The van der Waals surface area contributed by atoms with Crippen molar-refractivity contribution in [3.8, 4) is 5.75 Å². The lowest BCUT2D eigenvalue weighted by molar-refractivity contribution is -0.123. The summed E-state index contributed by atoms with van der Waals surface area (Å²) in [5.41, 5.74) is 0.478. The predicted molar refractivity (Wildman–Crippen MR) is 95.7 cm³/mol. The Kier molecular flexibility index (Phi) is 6.50. The van der Waals surface area contributed by atoms with E-state index in [1.807, 2.05) is 0 Å². The van der Waals surface area contributed by atoms with Crippen LogP contribution in [0.5, 0.6) is 5.75 Å². The SMILES string of the molecule is COc1ccc(C(C)NC(=O)[C@H](C)NS(=O)(=O)c2ccccc2F)cc1F. The molecule has 1 amide bonds. The Morgan fingerprint density at radius 3 is 2.33 bits per heavy atom. The van der Waals surface area contributed by atoms with Crippen molar-refractivity contribution < 1.29 is 26.7 Å². The van der Waals surface area contributed by atoms with E-state index in [0.717, 1.165) is 12.1 Å². The molecule has 2 rings (SSSR count). The summed E-state index contributed by atoms with van der Waals surface area (Å²) in [6.07, 6.45) is 0. The number of hydrogen-bond acceptors (Lipinski definition) is 4. The van der Waals surface area contributed by atoms with Crippen LogP contribution in [-0.2, 0) is 14.8 Å². The van der Waals surface area contributed by atoms with Gasteiger partial charge < -0.3 is 10.1 Å². The van der Waals surface area contributed by atoms with E-state index in [0.29, 0.717) is 5.56 Å². The first kappa shape index (κ1) is 20.8. The minimum atomic E-state index is -4.21. The molecule has 0 aliphatic heterocycles. The zero-order valence-electron chi connectivity index (χ0n) is 15.0. The molecule has 2 atom stereocenters. The van der Waals surface area contributed by atoms with E-state index < -0.39 is 44.5 Å². The molecule has 27 heavy (non-hydrogen) atoms. The first-order valence-electron chi connectivity index (χ1n) is 8.06. The molecule has 6 nitrogen and oxygen atoms in total. The average Bonchev–Trinajstić information content (AvgIpc) is 2.61. The number of ether oxygens (including phenoxy) is 1. The van der Waals surface area contributed by atoms with E-state index >= 15 is 0 Å². The van der Waals surface area contributed by atoms with Gasteiger partial charge in [0, 0.05) is 0 Å². The van der Waals surface area contributed by atoms with Gasteiger partial charge in [-0.15, -0.1) is 0 Å². The number of nitrogens with one attached hydrogen (secondary N) is 2. The van der Waals surface area contributed by atoms with Crippen molar-refractivity contribution >= 4 is 15.9 Å². The lowest BCUT2D eigenvalue weighted by atomic mass is 10.1. The van der Waals surface area contributed by atoms with E-state index in [2.05, 4.69) is 10.0 Å². The monoisotopic (exact) mass is 398 g/mol. The molecule has 0 bridgehead atoms. The van der Waals surface area contributed by atoms with Crippen LogP contribution in [0.1, 0.15) is 25.5 Å². The summed E-state index contributed by atoms with van der Waals surface area (Å²) < 4.78 is 58.9. The highest BCUT2D eigenvalue weighted by Gasteiger charge is 2.25. The number of rotatable bonds is 7. The van der Waals surface area contributed by atoms with Crippen molar-refractivity contribution in [2.75, 3.05) is 7.11 Å². The van der Waals surface area contributed by atoms with Gasteiger partial charge in [-0.2, -0.15) is 4.72 Å². The molecule has 0 fully saturated rings. The third kappa shape index (κ3) is 5.01. The van der Waals surface area contributed by atoms with Gasteiger partial charge in [0.1, 0.15) is 10.7 Å². The second-order valence-corrected chi connectivity index (χ2v) is 7.58. The summed E-state index contributed by atoms with van der Waals surface area (Å²) in [6, 6.07) is 7.34. The molecule has 146 valence electrons. The van der Waals surface area contributed by atoms with Crippen molar-refractivity contribution in [3.05, 3.63) is 59.7 Å². The number of amides is 1. The highest BCUT2D eigenvalue weighted by molar-refractivity contribution is 7.89. The molecule has 0 aliphatic carbocycles. The first-order chi connectivity index (χ1) is 12.7. The number of hydrogen-bond donors (Lipinski definition) is 2. The Balaban J connectivity index is 2.07. The van der Waals surface area contributed by atoms with Crippen LogP contribution < -0.4 is 14.8 Å². The molecule has 0 heterocycles. The minimum Gasteiger partial charge on any atom is -0.494 e. The predicted octanol–water partition coefficient (Wildman–Crippen LogP) is 2.52. The molecule has 0 spiro atoms. The molecule has 9 heteroatoms. The third-order valence-corrected chi connectivity index (χ3v) is 5.46. The van der Waals surface area contributed by atoms with Gasteiger partial charge >= 0.3 is 0 Å². The number of sulfonamides is 1. The average molecular weight is 398 g/mol. The summed E-state index contributed by atoms with van der Waals surface area (Å²) in [5, 5.41) is 2.58. The van der Waals surface area contributed by atoms with Gasteiger partial charge in [-0.25, -0.2) is 17.2 Å². The Labute approximate surface area is 156 Å². The van der Waals surface area contributed by atoms with Crippen LogP contribution in [0.2, 0.25) is 0 Å². The Bertz CT molecular complexity index is 935. The number of carbonyl (C=O) groups is 1. The van der Waals surface area contributed by atoms with Crippen LogP contribution in [0.25, 0.3) is 0 Å². The van der Waals surface area contributed by atoms with Crippen LogP contribution in [0.4, 0.5) is 8.78 Å². The molecule has 0 aromatic heterocycles. The van der Waals surface area contributed by atoms with Gasteiger partial charge in [-0.1, -0.05) is 18.2 Å². The molecule has 0 aliphatic rings. The summed E-state index contributed by atoms with van der Waals surface area (Å²) in [6.45, 7) is 2.95. The van der Waals surface area contributed by atoms with E-state index in [9.17, 15) is 22.0 Å². The quantitative estimate of drug-likeness (QED) is 0.751. The lowest BCUT2D eigenvalue weighted by Crippen LogP contribution is -2.45. The number of carbonyl (C=O) groups excluding carboxylic acids is 1. The molecule has 2 aromatic rings. The van der Waals surface area contributed by atoms with Crippen molar-refractivity contribution in [1.82, 2.24) is 10.0 Å². The van der Waals surface area contributed by atoms with Crippen molar-refractivity contribution in [3.63, 3.8) is 0 Å². The van der Waals surface area contributed by atoms with Crippen molar-refractivity contribution in [2.24, 2.45) is 0 Å². The van der Waals surface area contributed by atoms with E-state index in [-0.39, 0.29) is 5.75 Å². The zero-order valence-corrected chi connectivity index (χ0v) is 15.8. The highest BCUT2D eigenvalue weighted by atomic mass is 32.2.